The number of halogens is 1. The van der Waals surface area contributed by atoms with Gasteiger partial charge in [0, 0.05) is 36.2 Å². The van der Waals surface area contributed by atoms with Crippen LogP contribution in [0.3, 0.4) is 0 Å². The third-order valence-electron chi connectivity index (χ3n) is 11.6. The summed E-state index contributed by atoms with van der Waals surface area (Å²) in [5.41, 5.74) is 2.57. The lowest BCUT2D eigenvalue weighted by Crippen LogP contribution is -2.58. The predicted octanol–water partition coefficient (Wildman–Crippen LogP) is 5.87. The second-order valence-electron chi connectivity index (χ2n) is 14.1. The first-order valence-electron chi connectivity index (χ1n) is 16.5. The van der Waals surface area contributed by atoms with Gasteiger partial charge in [-0.3, -0.25) is 4.79 Å². The van der Waals surface area contributed by atoms with Crippen LogP contribution in [0.15, 0.2) is 36.4 Å². The number of hydrogen-bond acceptors (Lipinski definition) is 7. The number of aliphatic hydroxyl groups is 1. The number of amides is 1. The van der Waals surface area contributed by atoms with E-state index in [9.17, 15) is 18.3 Å². The zero-order valence-corrected chi connectivity index (χ0v) is 28.4. The number of benzene rings is 2. The first kappa shape index (κ1) is 32.6. The molecule has 7 atom stereocenters. The van der Waals surface area contributed by atoms with Crippen molar-refractivity contribution in [2.45, 2.75) is 94.5 Å². The molecule has 0 radical (unpaired) electrons. The Hall–Kier alpha value is -2.33. The van der Waals surface area contributed by atoms with Gasteiger partial charge in [-0.1, -0.05) is 31.0 Å². The monoisotopic (exact) mass is 658 g/mol. The third kappa shape index (κ3) is 5.87. The molecule has 2 heterocycles. The molecule has 0 unspecified atom stereocenters. The zero-order chi connectivity index (χ0) is 32.1. The SMILES string of the molecule is CO[C@@]1([C@@H](C)O)CCC[C@H](C)[C@@H](C)S(=O)(=O)NC(=O)c2ccc3c(c2)N(C[C@@H]2CC[C@H]21)C[C@@]1(CCCc2cc(Cl)ccc21)CO3. The Labute approximate surface area is 272 Å². The van der Waals surface area contributed by atoms with E-state index in [4.69, 9.17) is 21.1 Å². The second-order valence-corrected chi connectivity index (χ2v) is 16.6. The lowest BCUT2D eigenvalue weighted by Gasteiger charge is -2.53. The van der Waals surface area contributed by atoms with E-state index in [1.165, 1.54) is 11.1 Å². The Balaban J connectivity index is 1.45. The molecule has 6 rings (SSSR count). The Morgan fingerprint density at radius 2 is 1.91 bits per heavy atom. The van der Waals surface area contributed by atoms with Crippen molar-refractivity contribution < 1.29 is 27.8 Å². The van der Waals surface area contributed by atoms with Crippen molar-refractivity contribution >= 4 is 33.2 Å². The van der Waals surface area contributed by atoms with Gasteiger partial charge in [0.05, 0.1) is 29.2 Å². The standard InChI is InChI=1S/C35H47ClN2O6S/c1-22-7-5-16-35(43-4,24(3)39)30-12-9-27(30)19-38-20-34(15-6-8-25-17-28(36)11-13-29(25)34)21-44-32-14-10-26(18-31(32)38)33(40)37-45(41,42)23(22)2/h10-11,13-14,17-18,22-24,27,30,39H,5-9,12,15-16,19-21H2,1-4H3,(H,37,40)/t22-,23+,24+,27-,30+,34-,35+/m0/s1. The normalized spacial score (nSPS) is 33.9. The molecule has 4 aliphatic rings. The van der Waals surface area contributed by atoms with Crippen molar-refractivity contribution in [3.63, 3.8) is 0 Å². The fourth-order valence-electron chi connectivity index (χ4n) is 8.62. The second kappa shape index (κ2) is 12.4. The van der Waals surface area contributed by atoms with E-state index in [0.29, 0.717) is 44.7 Å². The van der Waals surface area contributed by atoms with E-state index in [1.54, 1.807) is 32.2 Å². The van der Waals surface area contributed by atoms with Crippen molar-refractivity contribution in [3.8, 4) is 5.75 Å². The van der Waals surface area contributed by atoms with Gasteiger partial charge in [-0.2, -0.15) is 0 Å². The molecule has 2 bridgehead atoms. The Kier molecular flexibility index (Phi) is 8.96. The number of nitrogens with zero attached hydrogens (tertiary/aromatic N) is 1. The molecule has 8 nitrogen and oxygen atoms in total. The summed E-state index contributed by atoms with van der Waals surface area (Å²) in [6.07, 6.45) is 6.21. The molecule has 246 valence electrons. The first-order valence-corrected chi connectivity index (χ1v) is 18.4. The maximum atomic E-state index is 13.5. The number of ether oxygens (including phenoxy) is 2. The van der Waals surface area contributed by atoms with Crippen molar-refractivity contribution in [3.05, 3.63) is 58.1 Å². The van der Waals surface area contributed by atoms with E-state index < -0.39 is 32.9 Å². The smallest absolute Gasteiger partial charge is 0.264 e. The Morgan fingerprint density at radius 1 is 1.11 bits per heavy atom. The maximum absolute atomic E-state index is 13.5. The summed E-state index contributed by atoms with van der Waals surface area (Å²) in [5, 5.41) is 11.2. The number of nitrogens with one attached hydrogen (secondary N) is 1. The van der Waals surface area contributed by atoms with Crippen molar-refractivity contribution in [2.24, 2.45) is 17.8 Å². The summed E-state index contributed by atoms with van der Waals surface area (Å²) >= 11 is 6.43. The minimum Gasteiger partial charge on any atom is -0.490 e. The van der Waals surface area contributed by atoms with E-state index in [1.807, 2.05) is 19.9 Å². The average Bonchev–Trinajstić information content (AvgIpc) is 3.14. The van der Waals surface area contributed by atoms with E-state index in [0.717, 1.165) is 42.8 Å². The summed E-state index contributed by atoms with van der Waals surface area (Å²) < 4.78 is 41.9. The van der Waals surface area contributed by atoms with Gasteiger partial charge in [0.1, 0.15) is 5.75 Å². The molecule has 2 aliphatic carbocycles. The van der Waals surface area contributed by atoms with Gasteiger partial charge in [0.2, 0.25) is 10.0 Å². The predicted molar refractivity (Wildman–Crippen MR) is 177 cm³/mol. The fourth-order valence-corrected chi connectivity index (χ4v) is 10.1. The fraction of sp³-hybridized carbons (Fsp3) is 0.629. The highest BCUT2D eigenvalue weighted by atomic mass is 35.5. The summed E-state index contributed by atoms with van der Waals surface area (Å²) in [4.78, 5) is 15.8. The van der Waals surface area contributed by atoms with Gasteiger partial charge in [0.15, 0.2) is 0 Å². The highest BCUT2D eigenvalue weighted by Crippen LogP contribution is 2.50. The van der Waals surface area contributed by atoms with Crippen LogP contribution in [0.2, 0.25) is 5.02 Å². The molecular formula is C35H47ClN2O6S. The van der Waals surface area contributed by atoms with Crippen LogP contribution in [-0.4, -0.2) is 63.2 Å². The van der Waals surface area contributed by atoms with Crippen LogP contribution in [0.25, 0.3) is 0 Å². The van der Waals surface area contributed by atoms with Crippen LogP contribution in [-0.2, 0) is 26.6 Å². The van der Waals surface area contributed by atoms with Gasteiger partial charge >= 0.3 is 0 Å². The summed E-state index contributed by atoms with van der Waals surface area (Å²) in [6, 6.07) is 11.4. The van der Waals surface area contributed by atoms with Crippen molar-refractivity contribution in [1.29, 1.82) is 0 Å². The topological polar surface area (TPSA) is 105 Å². The van der Waals surface area contributed by atoms with Crippen LogP contribution in [0.5, 0.6) is 5.75 Å². The van der Waals surface area contributed by atoms with Crippen LogP contribution >= 0.6 is 11.6 Å². The summed E-state index contributed by atoms with van der Waals surface area (Å²) in [7, 11) is -2.23. The highest BCUT2D eigenvalue weighted by Gasteiger charge is 2.52. The lowest BCUT2D eigenvalue weighted by molar-refractivity contribution is -0.172. The number of hydrogen-bond donors (Lipinski definition) is 2. The first-order chi connectivity index (χ1) is 21.4. The third-order valence-corrected chi connectivity index (χ3v) is 13.8. The number of aliphatic hydroxyl groups excluding tert-OH is 1. The van der Waals surface area contributed by atoms with Crippen LogP contribution in [0.4, 0.5) is 5.69 Å². The molecule has 1 fully saturated rings. The molecule has 2 N–H and O–H groups in total. The largest absolute Gasteiger partial charge is 0.490 e. The van der Waals surface area contributed by atoms with Gasteiger partial charge < -0.3 is 19.5 Å². The van der Waals surface area contributed by atoms with Gasteiger partial charge in [-0.25, -0.2) is 13.1 Å². The number of sulfonamides is 1. The molecule has 10 heteroatoms. The van der Waals surface area contributed by atoms with Crippen molar-refractivity contribution in [1.82, 2.24) is 4.72 Å². The molecule has 2 aliphatic heterocycles. The maximum Gasteiger partial charge on any atom is 0.264 e. The average molecular weight is 659 g/mol. The molecule has 0 saturated heterocycles. The van der Waals surface area contributed by atoms with Gasteiger partial charge in [-0.15, -0.1) is 0 Å². The van der Waals surface area contributed by atoms with E-state index >= 15 is 0 Å². The molecule has 1 spiro atoms. The number of aryl methyl sites for hydroxylation is 1. The van der Waals surface area contributed by atoms with Crippen molar-refractivity contribution in [2.75, 3.05) is 31.7 Å². The molecule has 2 aromatic rings. The molecule has 0 aromatic heterocycles. The number of carbonyl (C=O) groups excluding carboxylic acids is 1. The molecule has 1 amide bonds. The minimum atomic E-state index is -3.93. The number of methoxy groups -OCH3 is 1. The number of carbonyl (C=O) groups is 1. The minimum absolute atomic E-state index is 0.138. The number of anilines is 1. The quantitative estimate of drug-likeness (QED) is 0.416. The summed E-state index contributed by atoms with van der Waals surface area (Å²) in [6.45, 7) is 7.27. The molecular weight excluding hydrogens is 612 g/mol. The van der Waals surface area contributed by atoms with Gasteiger partial charge in [0.25, 0.3) is 5.91 Å². The van der Waals surface area contributed by atoms with E-state index in [-0.39, 0.29) is 28.7 Å². The summed E-state index contributed by atoms with van der Waals surface area (Å²) in [5.74, 6) is 0.260. The van der Waals surface area contributed by atoms with E-state index in [2.05, 4.69) is 21.8 Å². The van der Waals surface area contributed by atoms with Crippen LogP contribution in [0.1, 0.15) is 87.2 Å². The highest BCUT2D eigenvalue weighted by molar-refractivity contribution is 7.90. The molecule has 2 aromatic carbocycles. The zero-order valence-electron chi connectivity index (χ0n) is 26.9. The molecule has 1 saturated carbocycles. The lowest BCUT2D eigenvalue weighted by atomic mass is 9.61. The molecule has 45 heavy (non-hydrogen) atoms. The Morgan fingerprint density at radius 3 is 2.62 bits per heavy atom. The van der Waals surface area contributed by atoms with Gasteiger partial charge in [-0.05, 0) is 118 Å². The number of rotatable bonds is 2. The Bertz CT molecular complexity index is 1550. The van der Waals surface area contributed by atoms with Crippen LogP contribution in [0, 0.1) is 17.8 Å². The number of fused-ring (bicyclic) bond motifs is 4. The van der Waals surface area contributed by atoms with Crippen LogP contribution < -0.4 is 14.4 Å².